The van der Waals surface area contributed by atoms with Gasteiger partial charge in [-0.2, -0.15) is 0 Å². The van der Waals surface area contributed by atoms with Crippen LogP contribution in [0.4, 0.5) is 0 Å². The van der Waals surface area contributed by atoms with Crippen molar-refractivity contribution in [2.24, 2.45) is 0 Å². The molecule has 1 aromatic heterocycles. The molecule has 0 aliphatic rings. The molecule has 0 saturated carbocycles. The fourth-order valence-corrected chi connectivity index (χ4v) is 2.87. The van der Waals surface area contributed by atoms with Crippen LogP contribution in [-0.2, 0) is 5.88 Å². The van der Waals surface area contributed by atoms with Crippen molar-refractivity contribution in [2.75, 3.05) is 7.11 Å². The standard InChI is InChI=1S/C17H17ClN2O/c1-11-6-12(2)8-13(7-11)20-16-5-4-14(21-3)9-15(16)19-17(20)10-18/h4-9H,10H2,1-3H3. The number of nitrogens with zero attached hydrogens (tertiary/aromatic N) is 2. The molecule has 0 aliphatic carbocycles. The minimum Gasteiger partial charge on any atom is -0.497 e. The first-order valence-corrected chi connectivity index (χ1v) is 7.36. The van der Waals surface area contributed by atoms with Crippen LogP contribution in [0.3, 0.4) is 0 Å². The minimum atomic E-state index is 0.365. The number of aromatic nitrogens is 2. The average Bonchev–Trinajstić information content (AvgIpc) is 2.83. The molecule has 0 bridgehead atoms. The highest BCUT2D eigenvalue weighted by molar-refractivity contribution is 6.17. The van der Waals surface area contributed by atoms with Gasteiger partial charge in [-0.15, -0.1) is 11.6 Å². The number of imidazole rings is 1. The lowest BCUT2D eigenvalue weighted by atomic mass is 10.1. The molecule has 0 N–H and O–H groups in total. The van der Waals surface area contributed by atoms with Gasteiger partial charge < -0.3 is 4.74 Å². The molecule has 0 atom stereocenters. The van der Waals surface area contributed by atoms with E-state index >= 15 is 0 Å². The van der Waals surface area contributed by atoms with Gasteiger partial charge in [0.15, 0.2) is 0 Å². The second-order valence-corrected chi connectivity index (χ2v) is 5.46. The summed E-state index contributed by atoms with van der Waals surface area (Å²) >= 11 is 6.09. The fraction of sp³-hybridized carbons (Fsp3) is 0.235. The summed E-state index contributed by atoms with van der Waals surface area (Å²) < 4.78 is 7.38. The zero-order chi connectivity index (χ0) is 15.0. The Morgan fingerprint density at radius 2 is 1.81 bits per heavy atom. The summed E-state index contributed by atoms with van der Waals surface area (Å²) in [5, 5.41) is 0. The molecule has 0 spiro atoms. The summed E-state index contributed by atoms with van der Waals surface area (Å²) in [4.78, 5) is 4.63. The van der Waals surface area contributed by atoms with Gasteiger partial charge in [0.05, 0.1) is 24.0 Å². The Bertz CT molecular complexity index is 788. The van der Waals surface area contributed by atoms with Crippen LogP contribution in [0.1, 0.15) is 17.0 Å². The Balaban J connectivity index is 2.29. The summed E-state index contributed by atoms with van der Waals surface area (Å²) in [6, 6.07) is 12.4. The van der Waals surface area contributed by atoms with Crippen molar-refractivity contribution in [1.29, 1.82) is 0 Å². The molecule has 108 valence electrons. The molecule has 0 unspecified atom stereocenters. The summed E-state index contributed by atoms with van der Waals surface area (Å²) in [5.74, 6) is 2.00. The van der Waals surface area contributed by atoms with E-state index in [2.05, 4.69) is 41.6 Å². The number of benzene rings is 2. The summed E-state index contributed by atoms with van der Waals surface area (Å²) in [6.07, 6.45) is 0. The first-order chi connectivity index (χ1) is 10.1. The van der Waals surface area contributed by atoms with Crippen molar-refractivity contribution >= 4 is 22.6 Å². The second kappa shape index (κ2) is 5.41. The lowest BCUT2D eigenvalue weighted by Crippen LogP contribution is -2.00. The van der Waals surface area contributed by atoms with Crippen LogP contribution in [0.25, 0.3) is 16.7 Å². The third-order valence-corrected chi connectivity index (χ3v) is 3.75. The van der Waals surface area contributed by atoms with Gasteiger partial charge in [0.25, 0.3) is 0 Å². The number of hydrogen-bond acceptors (Lipinski definition) is 2. The molecule has 0 radical (unpaired) electrons. The topological polar surface area (TPSA) is 27.1 Å². The van der Waals surface area contributed by atoms with E-state index in [1.54, 1.807) is 7.11 Å². The number of methoxy groups -OCH3 is 1. The summed E-state index contributed by atoms with van der Waals surface area (Å²) in [7, 11) is 1.66. The SMILES string of the molecule is COc1ccc2c(c1)nc(CCl)n2-c1cc(C)cc(C)c1. The van der Waals surface area contributed by atoms with Crippen LogP contribution in [0.5, 0.6) is 5.75 Å². The molecule has 0 aliphatic heterocycles. The fourth-order valence-electron chi connectivity index (χ4n) is 2.69. The number of rotatable bonds is 3. The molecule has 3 rings (SSSR count). The van der Waals surface area contributed by atoms with Crippen LogP contribution in [0.15, 0.2) is 36.4 Å². The Morgan fingerprint density at radius 1 is 1.10 bits per heavy atom. The van der Waals surface area contributed by atoms with Crippen molar-refractivity contribution in [1.82, 2.24) is 9.55 Å². The maximum Gasteiger partial charge on any atom is 0.129 e. The second-order valence-electron chi connectivity index (χ2n) is 5.20. The molecule has 4 heteroatoms. The van der Waals surface area contributed by atoms with Gasteiger partial charge in [-0.1, -0.05) is 6.07 Å². The van der Waals surface area contributed by atoms with Crippen LogP contribution in [0.2, 0.25) is 0 Å². The van der Waals surface area contributed by atoms with E-state index in [9.17, 15) is 0 Å². The highest BCUT2D eigenvalue weighted by Gasteiger charge is 2.13. The third kappa shape index (κ3) is 2.49. The van der Waals surface area contributed by atoms with Gasteiger partial charge in [-0.25, -0.2) is 4.98 Å². The number of halogens is 1. The summed E-state index contributed by atoms with van der Waals surface area (Å²) in [5.41, 5.74) is 5.47. The minimum absolute atomic E-state index is 0.365. The molecule has 2 aromatic carbocycles. The highest BCUT2D eigenvalue weighted by Crippen LogP contribution is 2.27. The predicted molar refractivity (Wildman–Crippen MR) is 86.7 cm³/mol. The van der Waals surface area contributed by atoms with Crippen molar-refractivity contribution < 1.29 is 4.74 Å². The Labute approximate surface area is 129 Å². The number of alkyl halides is 1. The van der Waals surface area contributed by atoms with Crippen molar-refractivity contribution in [2.45, 2.75) is 19.7 Å². The summed E-state index contributed by atoms with van der Waals surface area (Å²) in [6.45, 7) is 4.19. The van der Waals surface area contributed by atoms with Crippen molar-refractivity contribution in [3.8, 4) is 11.4 Å². The smallest absolute Gasteiger partial charge is 0.129 e. The van der Waals surface area contributed by atoms with Gasteiger partial charge in [0.1, 0.15) is 11.6 Å². The largest absolute Gasteiger partial charge is 0.497 e. The zero-order valence-corrected chi connectivity index (χ0v) is 13.1. The average molecular weight is 301 g/mol. The molecule has 21 heavy (non-hydrogen) atoms. The third-order valence-electron chi connectivity index (χ3n) is 3.52. The van der Waals surface area contributed by atoms with E-state index in [1.165, 1.54) is 11.1 Å². The van der Waals surface area contributed by atoms with E-state index in [0.29, 0.717) is 5.88 Å². The van der Waals surface area contributed by atoms with Crippen LogP contribution >= 0.6 is 11.6 Å². The molecule has 0 fully saturated rings. The molecule has 1 heterocycles. The van der Waals surface area contributed by atoms with Gasteiger partial charge in [-0.3, -0.25) is 4.57 Å². The molecule has 0 saturated heterocycles. The van der Waals surface area contributed by atoms with Crippen LogP contribution in [0, 0.1) is 13.8 Å². The van der Waals surface area contributed by atoms with E-state index in [0.717, 1.165) is 28.3 Å². The van der Waals surface area contributed by atoms with Crippen LogP contribution < -0.4 is 4.74 Å². The van der Waals surface area contributed by atoms with E-state index in [4.69, 9.17) is 16.3 Å². The Morgan fingerprint density at radius 3 is 2.43 bits per heavy atom. The maximum atomic E-state index is 6.09. The molecule has 3 aromatic rings. The normalized spacial score (nSPS) is 11.0. The van der Waals surface area contributed by atoms with E-state index in [-0.39, 0.29) is 0 Å². The van der Waals surface area contributed by atoms with Crippen molar-refractivity contribution in [3.63, 3.8) is 0 Å². The molecule has 0 amide bonds. The Hall–Kier alpha value is -2.00. The molecular formula is C17H17ClN2O. The first kappa shape index (κ1) is 14.0. The molecular weight excluding hydrogens is 284 g/mol. The van der Waals surface area contributed by atoms with E-state index in [1.807, 2.05) is 18.2 Å². The van der Waals surface area contributed by atoms with Gasteiger partial charge >= 0.3 is 0 Å². The van der Waals surface area contributed by atoms with Gasteiger partial charge in [0, 0.05) is 11.8 Å². The molecule has 3 nitrogen and oxygen atoms in total. The van der Waals surface area contributed by atoms with Crippen molar-refractivity contribution in [3.05, 3.63) is 53.3 Å². The lowest BCUT2D eigenvalue weighted by molar-refractivity contribution is 0.415. The number of aryl methyl sites for hydroxylation is 2. The van der Waals surface area contributed by atoms with Crippen LogP contribution in [-0.4, -0.2) is 16.7 Å². The quantitative estimate of drug-likeness (QED) is 0.671. The number of fused-ring (bicyclic) bond motifs is 1. The first-order valence-electron chi connectivity index (χ1n) is 6.82. The van der Waals surface area contributed by atoms with Gasteiger partial charge in [-0.05, 0) is 49.2 Å². The van der Waals surface area contributed by atoms with E-state index < -0.39 is 0 Å². The number of hydrogen-bond donors (Lipinski definition) is 0. The Kier molecular flexibility index (Phi) is 3.60. The lowest BCUT2D eigenvalue weighted by Gasteiger charge is -2.10. The number of ether oxygens (including phenoxy) is 1. The predicted octanol–water partition coefficient (Wildman–Crippen LogP) is 4.39. The highest BCUT2D eigenvalue weighted by atomic mass is 35.5. The maximum absolute atomic E-state index is 6.09. The van der Waals surface area contributed by atoms with Gasteiger partial charge in [0.2, 0.25) is 0 Å². The zero-order valence-electron chi connectivity index (χ0n) is 12.4. The monoisotopic (exact) mass is 300 g/mol.